The van der Waals surface area contributed by atoms with E-state index in [-0.39, 0.29) is 22.7 Å². The number of fused-ring (bicyclic) bond motifs is 1. The molecular weight excluding hydrogens is 439 g/mol. The molecule has 0 saturated carbocycles. The Labute approximate surface area is 195 Å². The van der Waals surface area contributed by atoms with E-state index in [4.69, 9.17) is 4.52 Å². The van der Waals surface area contributed by atoms with Crippen molar-refractivity contribution in [3.63, 3.8) is 0 Å². The lowest BCUT2D eigenvalue weighted by Gasteiger charge is -2.32. The molecule has 0 N–H and O–H groups in total. The van der Waals surface area contributed by atoms with E-state index in [0.29, 0.717) is 28.3 Å². The minimum atomic E-state index is -0.383. The number of pyridine rings is 1. The highest BCUT2D eigenvalue weighted by atomic mass is 32.2. The van der Waals surface area contributed by atoms with Crippen molar-refractivity contribution in [1.82, 2.24) is 14.7 Å². The Bertz CT molecular complexity index is 1370. The summed E-state index contributed by atoms with van der Waals surface area (Å²) in [6, 6.07) is 10.9. The summed E-state index contributed by atoms with van der Waals surface area (Å²) in [6.45, 7) is 3.86. The minimum absolute atomic E-state index is 0.121. The van der Waals surface area contributed by atoms with E-state index in [2.05, 4.69) is 22.0 Å². The van der Waals surface area contributed by atoms with Crippen LogP contribution < -0.4 is 10.3 Å². The molecular formula is C25H25FN4O2S. The van der Waals surface area contributed by atoms with Crippen LogP contribution in [-0.4, -0.2) is 34.1 Å². The molecule has 5 rings (SSSR count). The van der Waals surface area contributed by atoms with Gasteiger partial charge in [0, 0.05) is 42.2 Å². The maximum Gasteiger partial charge on any atom is 0.263 e. The van der Waals surface area contributed by atoms with Gasteiger partial charge < -0.3 is 14.0 Å². The number of aryl methyl sites for hydroxylation is 1. The second kappa shape index (κ2) is 8.67. The summed E-state index contributed by atoms with van der Waals surface area (Å²) in [5.41, 5.74) is 1.95. The van der Waals surface area contributed by atoms with Crippen molar-refractivity contribution in [2.24, 2.45) is 13.0 Å². The molecule has 0 atom stereocenters. The quantitative estimate of drug-likeness (QED) is 0.379. The minimum Gasteiger partial charge on any atom is -0.369 e. The molecule has 0 bridgehead atoms. The molecule has 1 aliphatic heterocycles. The molecule has 2 aromatic heterocycles. The molecule has 1 saturated heterocycles. The predicted octanol–water partition coefficient (Wildman–Crippen LogP) is 5.35. The summed E-state index contributed by atoms with van der Waals surface area (Å²) in [5.74, 6) is 0.794. The fourth-order valence-electron chi connectivity index (χ4n) is 4.33. The Balaban J connectivity index is 1.54. The van der Waals surface area contributed by atoms with Gasteiger partial charge in [-0.25, -0.2) is 4.39 Å². The van der Waals surface area contributed by atoms with Gasteiger partial charge in [0.15, 0.2) is 0 Å². The lowest BCUT2D eigenvalue weighted by atomic mass is 9.98. The van der Waals surface area contributed by atoms with Gasteiger partial charge in [-0.1, -0.05) is 12.1 Å². The van der Waals surface area contributed by atoms with Gasteiger partial charge in [-0.3, -0.25) is 4.79 Å². The lowest BCUT2D eigenvalue weighted by molar-refractivity contribution is 0.432. The Morgan fingerprint density at radius 1 is 1.15 bits per heavy atom. The number of aromatic nitrogens is 3. The monoisotopic (exact) mass is 464 g/mol. The third kappa shape index (κ3) is 4.04. The average Bonchev–Trinajstić information content (AvgIpc) is 3.32. The van der Waals surface area contributed by atoms with E-state index in [1.165, 1.54) is 6.07 Å². The van der Waals surface area contributed by atoms with Crippen LogP contribution in [0.2, 0.25) is 0 Å². The lowest BCUT2D eigenvalue weighted by Crippen LogP contribution is -2.33. The van der Waals surface area contributed by atoms with Crippen molar-refractivity contribution in [1.29, 1.82) is 0 Å². The van der Waals surface area contributed by atoms with Gasteiger partial charge in [-0.15, -0.1) is 11.8 Å². The zero-order valence-corrected chi connectivity index (χ0v) is 19.7. The number of halogens is 1. The molecule has 0 amide bonds. The van der Waals surface area contributed by atoms with Crippen molar-refractivity contribution in [3.05, 3.63) is 58.6 Å². The molecule has 1 aliphatic rings. The molecule has 0 unspecified atom stereocenters. The highest BCUT2D eigenvalue weighted by Crippen LogP contribution is 2.30. The van der Waals surface area contributed by atoms with Crippen LogP contribution in [0.25, 0.3) is 33.7 Å². The number of benzene rings is 2. The van der Waals surface area contributed by atoms with Crippen LogP contribution in [0.15, 0.2) is 56.8 Å². The van der Waals surface area contributed by atoms with Crippen LogP contribution in [-0.2, 0) is 7.05 Å². The number of rotatable bonds is 4. The number of hydrogen-bond donors (Lipinski definition) is 0. The topological polar surface area (TPSA) is 64.2 Å². The summed E-state index contributed by atoms with van der Waals surface area (Å²) in [4.78, 5) is 20.9. The summed E-state index contributed by atoms with van der Waals surface area (Å²) in [7, 11) is 1.84. The van der Waals surface area contributed by atoms with E-state index in [0.717, 1.165) is 36.4 Å². The van der Waals surface area contributed by atoms with Crippen molar-refractivity contribution < 1.29 is 8.91 Å². The van der Waals surface area contributed by atoms with Crippen LogP contribution >= 0.6 is 11.8 Å². The number of piperidine rings is 1. The Hall–Kier alpha value is -3.13. The standard InChI is InChI=1S/C25H25FN4O2S/c1-15-8-10-30(11-9-15)22-13-21-18(12-20(22)26)23(31)19(14-29(21)2)25-27-24(28-32-25)16-4-6-17(33-3)7-5-16/h4-7,12-15H,8-11H2,1-3H3. The third-order valence-electron chi connectivity index (χ3n) is 6.39. The molecule has 0 spiro atoms. The predicted molar refractivity (Wildman–Crippen MR) is 130 cm³/mol. The number of anilines is 1. The van der Waals surface area contributed by atoms with Crippen molar-refractivity contribution in [2.75, 3.05) is 24.2 Å². The van der Waals surface area contributed by atoms with E-state index >= 15 is 4.39 Å². The van der Waals surface area contributed by atoms with Crippen molar-refractivity contribution in [3.8, 4) is 22.8 Å². The maximum atomic E-state index is 15.1. The fourth-order valence-corrected chi connectivity index (χ4v) is 4.73. The number of hydrogen-bond acceptors (Lipinski definition) is 6. The smallest absolute Gasteiger partial charge is 0.263 e. The molecule has 1 fully saturated rings. The van der Waals surface area contributed by atoms with Gasteiger partial charge in [0.05, 0.1) is 11.2 Å². The molecule has 4 aromatic rings. The molecule has 3 heterocycles. The van der Waals surface area contributed by atoms with E-state index in [1.807, 2.05) is 42.1 Å². The first-order valence-corrected chi connectivity index (χ1v) is 12.2. The van der Waals surface area contributed by atoms with E-state index < -0.39 is 0 Å². The largest absolute Gasteiger partial charge is 0.369 e. The molecule has 33 heavy (non-hydrogen) atoms. The van der Waals surface area contributed by atoms with Crippen LogP contribution in [0, 0.1) is 11.7 Å². The first kappa shape index (κ1) is 21.7. The summed E-state index contributed by atoms with van der Waals surface area (Å²) in [6.07, 6.45) is 5.76. The van der Waals surface area contributed by atoms with Gasteiger partial charge in [-0.2, -0.15) is 4.98 Å². The second-order valence-electron chi connectivity index (χ2n) is 8.62. The first-order valence-electron chi connectivity index (χ1n) is 11.0. The van der Waals surface area contributed by atoms with Crippen LogP contribution in [0.1, 0.15) is 19.8 Å². The number of nitrogens with zero attached hydrogens (tertiary/aromatic N) is 4. The Kier molecular flexibility index (Phi) is 5.70. The molecule has 6 nitrogen and oxygen atoms in total. The zero-order chi connectivity index (χ0) is 23.1. The van der Waals surface area contributed by atoms with Crippen molar-refractivity contribution in [2.45, 2.75) is 24.7 Å². The van der Waals surface area contributed by atoms with Crippen molar-refractivity contribution >= 4 is 28.4 Å². The normalized spacial score (nSPS) is 14.8. The van der Waals surface area contributed by atoms with Gasteiger partial charge in [-0.05, 0) is 61.4 Å². The van der Waals surface area contributed by atoms with Gasteiger partial charge >= 0.3 is 0 Å². The molecule has 2 aromatic carbocycles. The second-order valence-corrected chi connectivity index (χ2v) is 9.50. The molecule has 0 radical (unpaired) electrons. The third-order valence-corrected chi connectivity index (χ3v) is 7.13. The molecule has 170 valence electrons. The van der Waals surface area contributed by atoms with Gasteiger partial charge in [0.25, 0.3) is 5.89 Å². The van der Waals surface area contributed by atoms with Gasteiger partial charge in [0.1, 0.15) is 11.4 Å². The Morgan fingerprint density at radius 2 is 1.88 bits per heavy atom. The fraction of sp³-hybridized carbons (Fsp3) is 0.320. The van der Waals surface area contributed by atoms with Crippen LogP contribution in [0.5, 0.6) is 0 Å². The summed E-state index contributed by atoms with van der Waals surface area (Å²) in [5, 5.41) is 4.34. The SMILES string of the molecule is CSc1ccc(-c2noc(-c3cn(C)c4cc(N5CCC(C)CC5)c(F)cc4c3=O)n2)cc1. The number of thioether (sulfide) groups is 1. The van der Waals surface area contributed by atoms with Gasteiger partial charge in [0.2, 0.25) is 11.3 Å². The first-order chi connectivity index (χ1) is 15.9. The highest BCUT2D eigenvalue weighted by molar-refractivity contribution is 7.98. The molecule has 8 heteroatoms. The molecule has 0 aliphatic carbocycles. The Morgan fingerprint density at radius 3 is 2.58 bits per heavy atom. The summed E-state index contributed by atoms with van der Waals surface area (Å²) >= 11 is 1.65. The average molecular weight is 465 g/mol. The van der Waals surface area contributed by atoms with Crippen LogP contribution in [0.4, 0.5) is 10.1 Å². The highest BCUT2D eigenvalue weighted by Gasteiger charge is 2.22. The summed E-state index contributed by atoms with van der Waals surface area (Å²) < 4.78 is 22.3. The van der Waals surface area contributed by atoms with E-state index in [1.54, 1.807) is 24.0 Å². The maximum absolute atomic E-state index is 15.1. The van der Waals surface area contributed by atoms with Crippen LogP contribution in [0.3, 0.4) is 0 Å². The van der Waals surface area contributed by atoms with E-state index in [9.17, 15) is 4.79 Å². The zero-order valence-electron chi connectivity index (χ0n) is 18.8.